The molecule has 0 bridgehead atoms. The number of nitrogens with zero attached hydrogens (tertiary/aromatic N) is 1. The molecule has 0 spiro atoms. The van der Waals surface area contributed by atoms with Crippen LogP contribution in [0.3, 0.4) is 0 Å². The van der Waals surface area contributed by atoms with Crippen molar-refractivity contribution in [1.82, 2.24) is 5.43 Å². The second kappa shape index (κ2) is 8.82. The summed E-state index contributed by atoms with van der Waals surface area (Å²) in [6, 6.07) is 23.6. The Morgan fingerprint density at radius 3 is 2.50 bits per heavy atom. The van der Waals surface area contributed by atoms with Gasteiger partial charge in [0.25, 0.3) is 5.91 Å². The van der Waals surface area contributed by atoms with Crippen LogP contribution in [-0.2, 0) is 4.79 Å². The van der Waals surface area contributed by atoms with Crippen molar-refractivity contribution in [3.05, 3.63) is 95.1 Å². The molecule has 0 saturated carbocycles. The lowest BCUT2D eigenvalue weighted by molar-refractivity contribution is -0.123. The van der Waals surface area contributed by atoms with E-state index in [4.69, 9.17) is 9.47 Å². The third kappa shape index (κ3) is 4.69. The maximum atomic E-state index is 12.3. The number of carbonyl (C=O) groups excluding carboxylic acids is 1. The predicted molar refractivity (Wildman–Crippen MR) is 117 cm³/mol. The van der Waals surface area contributed by atoms with Gasteiger partial charge in [0.15, 0.2) is 6.61 Å². The van der Waals surface area contributed by atoms with E-state index in [1.165, 1.54) is 0 Å². The van der Waals surface area contributed by atoms with Gasteiger partial charge in [-0.25, -0.2) is 5.43 Å². The Morgan fingerprint density at radius 2 is 1.73 bits per heavy atom. The SMILES string of the molecule is Cc1cc(C)cc(OCC(=O)NN=C2CC(c3ccccc3)Oc3ccccc32)c1. The van der Waals surface area contributed by atoms with Crippen LogP contribution in [0.1, 0.15) is 34.8 Å². The van der Waals surface area contributed by atoms with Crippen molar-refractivity contribution in [3.8, 4) is 11.5 Å². The van der Waals surface area contributed by atoms with Gasteiger partial charge in [-0.05, 0) is 54.8 Å². The van der Waals surface area contributed by atoms with Crippen LogP contribution in [0.5, 0.6) is 11.5 Å². The monoisotopic (exact) mass is 400 g/mol. The molecule has 3 aromatic rings. The molecule has 152 valence electrons. The first-order valence-corrected chi connectivity index (χ1v) is 9.96. The van der Waals surface area contributed by atoms with Gasteiger partial charge in [0, 0.05) is 12.0 Å². The number of ether oxygens (including phenoxy) is 2. The van der Waals surface area contributed by atoms with Gasteiger partial charge in [-0.2, -0.15) is 5.10 Å². The van der Waals surface area contributed by atoms with Crippen LogP contribution >= 0.6 is 0 Å². The zero-order chi connectivity index (χ0) is 20.9. The molecular formula is C25H24N2O3. The Kier molecular flexibility index (Phi) is 5.80. The number of hydrogen-bond acceptors (Lipinski definition) is 4. The van der Waals surface area contributed by atoms with E-state index < -0.39 is 0 Å². The molecule has 30 heavy (non-hydrogen) atoms. The molecular weight excluding hydrogens is 376 g/mol. The molecule has 0 radical (unpaired) electrons. The first-order valence-electron chi connectivity index (χ1n) is 9.96. The van der Waals surface area contributed by atoms with Gasteiger partial charge in [0.2, 0.25) is 0 Å². The van der Waals surface area contributed by atoms with Gasteiger partial charge in [0.05, 0.1) is 5.71 Å². The van der Waals surface area contributed by atoms with E-state index in [-0.39, 0.29) is 18.6 Å². The lowest BCUT2D eigenvalue weighted by Crippen LogP contribution is -2.28. The van der Waals surface area contributed by atoms with Crippen molar-refractivity contribution in [2.45, 2.75) is 26.4 Å². The quantitative estimate of drug-likeness (QED) is 0.630. The van der Waals surface area contributed by atoms with Crippen LogP contribution in [0.25, 0.3) is 0 Å². The molecule has 0 aliphatic carbocycles. The van der Waals surface area contributed by atoms with E-state index in [1.54, 1.807) is 0 Å². The molecule has 1 atom stereocenters. The summed E-state index contributed by atoms with van der Waals surface area (Å²) in [5.74, 6) is 1.13. The van der Waals surface area contributed by atoms with Crippen molar-refractivity contribution in [1.29, 1.82) is 0 Å². The summed E-state index contributed by atoms with van der Waals surface area (Å²) in [4.78, 5) is 12.3. The summed E-state index contributed by atoms with van der Waals surface area (Å²) in [5.41, 5.74) is 7.57. The van der Waals surface area contributed by atoms with Crippen molar-refractivity contribution in [2.75, 3.05) is 6.61 Å². The number of hydrogen-bond donors (Lipinski definition) is 1. The minimum absolute atomic E-state index is 0.0973. The number of para-hydroxylation sites is 1. The summed E-state index contributed by atoms with van der Waals surface area (Å²) >= 11 is 0. The lowest BCUT2D eigenvalue weighted by Gasteiger charge is -2.27. The van der Waals surface area contributed by atoms with Gasteiger partial charge >= 0.3 is 0 Å². The number of fused-ring (bicyclic) bond motifs is 1. The number of hydrazone groups is 1. The first kappa shape index (κ1) is 19.7. The Bertz CT molecular complexity index is 1060. The Balaban J connectivity index is 1.46. The maximum absolute atomic E-state index is 12.3. The fourth-order valence-electron chi connectivity index (χ4n) is 3.57. The molecule has 1 amide bonds. The maximum Gasteiger partial charge on any atom is 0.277 e. The Labute approximate surface area is 176 Å². The third-order valence-electron chi connectivity index (χ3n) is 4.90. The third-order valence-corrected chi connectivity index (χ3v) is 4.90. The summed E-state index contributed by atoms with van der Waals surface area (Å²) < 4.78 is 11.8. The van der Waals surface area contributed by atoms with Crippen molar-refractivity contribution in [3.63, 3.8) is 0 Å². The number of aryl methyl sites for hydroxylation is 2. The van der Waals surface area contributed by atoms with Gasteiger partial charge in [-0.1, -0.05) is 48.5 Å². The number of carbonyl (C=O) groups is 1. The van der Waals surface area contributed by atoms with Crippen molar-refractivity contribution in [2.24, 2.45) is 5.10 Å². The standard InChI is InChI=1S/C25H24N2O3/c1-17-12-18(2)14-20(13-17)29-16-25(28)27-26-22-15-24(19-8-4-3-5-9-19)30-23-11-7-6-10-21(22)23/h3-14,24H,15-16H2,1-2H3,(H,27,28). The highest BCUT2D eigenvalue weighted by molar-refractivity contribution is 6.04. The van der Waals surface area contributed by atoms with Gasteiger partial charge in [0.1, 0.15) is 17.6 Å². The molecule has 0 saturated heterocycles. The molecule has 1 unspecified atom stereocenters. The van der Waals surface area contributed by atoms with Crippen molar-refractivity contribution >= 4 is 11.6 Å². The highest BCUT2D eigenvalue weighted by Gasteiger charge is 2.26. The zero-order valence-corrected chi connectivity index (χ0v) is 17.1. The predicted octanol–water partition coefficient (Wildman–Crippen LogP) is 4.73. The van der Waals surface area contributed by atoms with Crippen LogP contribution in [0.4, 0.5) is 0 Å². The molecule has 3 aromatic carbocycles. The van der Waals surface area contributed by atoms with Crippen molar-refractivity contribution < 1.29 is 14.3 Å². The van der Waals surface area contributed by atoms with E-state index >= 15 is 0 Å². The van der Waals surface area contributed by atoms with E-state index in [2.05, 4.69) is 16.6 Å². The van der Waals surface area contributed by atoms with E-state index in [9.17, 15) is 4.79 Å². The van der Waals surface area contributed by atoms with Crippen LogP contribution in [-0.4, -0.2) is 18.2 Å². The summed E-state index contributed by atoms with van der Waals surface area (Å²) in [7, 11) is 0. The molecule has 1 heterocycles. The minimum Gasteiger partial charge on any atom is -0.485 e. The highest BCUT2D eigenvalue weighted by Crippen LogP contribution is 2.34. The Hall–Kier alpha value is -3.60. The second-order valence-electron chi connectivity index (χ2n) is 7.42. The molecule has 5 nitrogen and oxygen atoms in total. The second-order valence-corrected chi connectivity index (χ2v) is 7.42. The Morgan fingerprint density at radius 1 is 1.03 bits per heavy atom. The number of benzene rings is 3. The molecule has 1 aliphatic rings. The van der Waals surface area contributed by atoms with E-state index in [1.807, 2.05) is 80.6 Å². The average Bonchev–Trinajstić information content (AvgIpc) is 2.76. The van der Waals surface area contributed by atoms with Gasteiger partial charge in [-0.3, -0.25) is 4.79 Å². The van der Waals surface area contributed by atoms with Crippen LogP contribution in [0.15, 0.2) is 77.9 Å². The largest absolute Gasteiger partial charge is 0.485 e. The lowest BCUT2D eigenvalue weighted by atomic mass is 9.96. The van der Waals surface area contributed by atoms with Crippen LogP contribution in [0, 0.1) is 13.8 Å². The number of nitrogens with one attached hydrogen (secondary N) is 1. The molecule has 5 heteroatoms. The zero-order valence-electron chi connectivity index (χ0n) is 17.1. The minimum atomic E-state index is -0.304. The molecule has 1 aliphatic heterocycles. The topological polar surface area (TPSA) is 59.9 Å². The summed E-state index contributed by atoms with van der Waals surface area (Å²) in [6.45, 7) is 3.90. The highest BCUT2D eigenvalue weighted by atomic mass is 16.5. The fraction of sp³-hybridized carbons (Fsp3) is 0.200. The normalized spacial score (nSPS) is 16.5. The number of rotatable bonds is 5. The molecule has 4 rings (SSSR count). The summed E-state index contributed by atoms with van der Waals surface area (Å²) in [6.07, 6.45) is 0.419. The van der Waals surface area contributed by atoms with E-state index in [0.29, 0.717) is 12.2 Å². The average molecular weight is 400 g/mol. The molecule has 0 fully saturated rings. The summed E-state index contributed by atoms with van der Waals surface area (Å²) in [5, 5.41) is 4.40. The molecule has 0 aromatic heterocycles. The number of amides is 1. The smallest absolute Gasteiger partial charge is 0.277 e. The van der Waals surface area contributed by atoms with Gasteiger partial charge < -0.3 is 9.47 Å². The fourth-order valence-corrected chi connectivity index (χ4v) is 3.57. The van der Waals surface area contributed by atoms with Gasteiger partial charge in [-0.15, -0.1) is 0 Å². The van der Waals surface area contributed by atoms with Crippen LogP contribution < -0.4 is 14.9 Å². The van der Waals surface area contributed by atoms with E-state index in [0.717, 1.165) is 33.7 Å². The van der Waals surface area contributed by atoms with Crippen LogP contribution in [0.2, 0.25) is 0 Å². The molecule has 1 N–H and O–H groups in total. The first-order chi connectivity index (χ1) is 14.6.